The molecule has 0 radical (unpaired) electrons. The topological polar surface area (TPSA) is 73.2 Å². The van der Waals surface area contributed by atoms with E-state index in [4.69, 9.17) is 4.74 Å². The van der Waals surface area contributed by atoms with Crippen LogP contribution in [0.2, 0.25) is 0 Å². The quantitative estimate of drug-likeness (QED) is 0.617. The number of esters is 1. The highest BCUT2D eigenvalue weighted by Crippen LogP contribution is 2.34. The third-order valence-electron chi connectivity index (χ3n) is 5.47. The highest BCUT2D eigenvalue weighted by atomic mass is 32.1. The summed E-state index contributed by atoms with van der Waals surface area (Å²) in [5.74, 6) is -1.16. The molecule has 1 amide bonds. The third kappa shape index (κ3) is 3.52. The van der Waals surface area contributed by atoms with Gasteiger partial charge in [0.15, 0.2) is 5.69 Å². The average molecular weight is 428 g/mol. The lowest BCUT2D eigenvalue weighted by atomic mass is 9.95. The molecule has 30 heavy (non-hydrogen) atoms. The number of aromatic nitrogens is 2. The van der Waals surface area contributed by atoms with Gasteiger partial charge in [-0.1, -0.05) is 0 Å². The molecule has 156 valence electrons. The Morgan fingerprint density at radius 2 is 1.87 bits per heavy atom. The molecule has 6 nitrogen and oxygen atoms in total. The summed E-state index contributed by atoms with van der Waals surface area (Å²) in [6, 6.07) is 6.07. The number of benzene rings is 1. The predicted octanol–water partition coefficient (Wildman–Crippen LogP) is 4.61. The van der Waals surface area contributed by atoms with Crippen molar-refractivity contribution in [2.75, 3.05) is 12.4 Å². The second-order valence-corrected chi connectivity index (χ2v) is 8.53. The van der Waals surface area contributed by atoms with Crippen LogP contribution in [-0.4, -0.2) is 28.8 Å². The molecule has 0 aliphatic heterocycles. The highest BCUT2D eigenvalue weighted by Gasteiger charge is 2.28. The highest BCUT2D eigenvalue weighted by molar-refractivity contribution is 7.16. The Balaban J connectivity index is 1.73. The fourth-order valence-corrected chi connectivity index (χ4v) is 4.85. The van der Waals surface area contributed by atoms with Crippen molar-refractivity contribution in [1.82, 2.24) is 9.78 Å². The minimum Gasteiger partial charge on any atom is -0.465 e. The van der Waals surface area contributed by atoms with Crippen LogP contribution in [0, 0.1) is 19.7 Å². The molecular weight excluding hydrogens is 405 g/mol. The Labute approximate surface area is 177 Å². The molecule has 4 rings (SSSR count). The zero-order valence-corrected chi connectivity index (χ0v) is 17.9. The Kier molecular flexibility index (Phi) is 5.42. The molecule has 3 aromatic rings. The van der Waals surface area contributed by atoms with Crippen molar-refractivity contribution in [2.24, 2.45) is 0 Å². The number of rotatable bonds is 4. The van der Waals surface area contributed by atoms with E-state index in [1.165, 1.54) is 30.6 Å². The summed E-state index contributed by atoms with van der Waals surface area (Å²) in [5, 5.41) is 7.91. The smallest absolute Gasteiger partial charge is 0.341 e. The molecule has 8 heteroatoms. The number of nitrogens with zero attached hydrogens (tertiary/aromatic N) is 2. The molecule has 0 bridgehead atoms. The monoisotopic (exact) mass is 427 g/mol. The van der Waals surface area contributed by atoms with Gasteiger partial charge in [-0.25, -0.2) is 13.9 Å². The van der Waals surface area contributed by atoms with Gasteiger partial charge in [-0.15, -0.1) is 11.3 Å². The molecule has 0 unspecified atom stereocenters. The number of methoxy groups -OCH3 is 1. The molecule has 0 spiro atoms. The molecule has 1 aliphatic rings. The molecule has 0 saturated heterocycles. The third-order valence-corrected chi connectivity index (χ3v) is 6.59. The minimum absolute atomic E-state index is 0.323. The number of nitrogens with one attached hydrogen (secondary N) is 1. The lowest BCUT2D eigenvalue weighted by Gasteiger charge is -2.14. The predicted molar refractivity (Wildman–Crippen MR) is 113 cm³/mol. The second-order valence-electron chi connectivity index (χ2n) is 7.30. The van der Waals surface area contributed by atoms with Crippen LogP contribution in [0.15, 0.2) is 24.3 Å². The molecule has 1 aromatic carbocycles. The van der Waals surface area contributed by atoms with Crippen LogP contribution in [0.3, 0.4) is 0 Å². The van der Waals surface area contributed by atoms with Crippen molar-refractivity contribution in [3.05, 3.63) is 63.0 Å². The largest absolute Gasteiger partial charge is 0.465 e. The van der Waals surface area contributed by atoms with E-state index < -0.39 is 5.97 Å². The number of fused-ring (bicyclic) bond motifs is 1. The van der Waals surface area contributed by atoms with E-state index in [1.807, 2.05) is 13.8 Å². The number of aryl methyl sites for hydroxylation is 1. The molecule has 2 aromatic heterocycles. The maximum Gasteiger partial charge on any atom is 0.341 e. The van der Waals surface area contributed by atoms with Gasteiger partial charge >= 0.3 is 5.97 Å². The normalized spacial score (nSPS) is 13.1. The number of ether oxygens (including phenoxy) is 1. The summed E-state index contributed by atoms with van der Waals surface area (Å²) < 4.78 is 20.0. The Bertz CT molecular complexity index is 1130. The Hall–Kier alpha value is -3.00. The number of thiophene rings is 1. The first-order valence-electron chi connectivity index (χ1n) is 9.77. The van der Waals surface area contributed by atoms with Gasteiger partial charge in [0.25, 0.3) is 5.91 Å². The maximum absolute atomic E-state index is 13.4. The summed E-state index contributed by atoms with van der Waals surface area (Å²) in [6.07, 6.45) is 3.55. The summed E-state index contributed by atoms with van der Waals surface area (Å²) in [6.45, 7) is 3.73. The van der Waals surface area contributed by atoms with Gasteiger partial charge in [-0.3, -0.25) is 4.79 Å². The first-order chi connectivity index (χ1) is 14.4. The number of amides is 1. The molecule has 0 atom stereocenters. The Morgan fingerprint density at radius 3 is 2.57 bits per heavy atom. The Morgan fingerprint density at radius 1 is 1.17 bits per heavy atom. The van der Waals surface area contributed by atoms with E-state index in [2.05, 4.69) is 10.4 Å². The zero-order valence-electron chi connectivity index (χ0n) is 17.0. The van der Waals surface area contributed by atoms with E-state index >= 15 is 0 Å². The summed E-state index contributed by atoms with van der Waals surface area (Å²) in [4.78, 5) is 26.3. The first-order valence-corrected chi connectivity index (χ1v) is 10.6. The molecule has 1 aliphatic carbocycles. The van der Waals surface area contributed by atoms with Gasteiger partial charge in [0.05, 0.1) is 18.4 Å². The van der Waals surface area contributed by atoms with E-state index in [-0.39, 0.29) is 11.7 Å². The van der Waals surface area contributed by atoms with Crippen LogP contribution in [0.5, 0.6) is 0 Å². The standard InChI is InChI=1S/C22H22FN3O3S/c1-12-13(2)30-21(18(12)22(28)29-3)24-20(27)19-16-6-4-5-7-17(16)26(25-19)15-10-8-14(23)9-11-15/h8-11H,4-7H2,1-3H3,(H,24,27). The van der Waals surface area contributed by atoms with E-state index in [9.17, 15) is 14.0 Å². The number of carbonyl (C=O) groups excluding carboxylic acids is 2. The molecular formula is C22H22FN3O3S. The summed E-state index contributed by atoms with van der Waals surface area (Å²) in [7, 11) is 1.32. The maximum atomic E-state index is 13.4. The minimum atomic E-state index is -0.481. The second kappa shape index (κ2) is 8.02. The molecule has 1 N–H and O–H groups in total. The fraction of sp³-hybridized carbons (Fsp3) is 0.318. The number of hydrogen-bond donors (Lipinski definition) is 1. The zero-order chi connectivity index (χ0) is 21.4. The van der Waals surface area contributed by atoms with Gasteiger partial charge in [0.1, 0.15) is 10.8 Å². The van der Waals surface area contributed by atoms with Crippen molar-refractivity contribution in [3.8, 4) is 5.69 Å². The summed E-state index contributed by atoms with van der Waals surface area (Å²) in [5.41, 5.74) is 4.11. The van der Waals surface area contributed by atoms with Crippen LogP contribution in [0.25, 0.3) is 5.69 Å². The van der Waals surface area contributed by atoms with Gasteiger partial charge in [-0.05, 0) is 69.4 Å². The number of carbonyl (C=O) groups is 2. The molecule has 0 fully saturated rings. The van der Waals surface area contributed by atoms with Gasteiger partial charge < -0.3 is 10.1 Å². The summed E-state index contributed by atoms with van der Waals surface area (Å²) >= 11 is 1.34. The van der Waals surface area contributed by atoms with Crippen LogP contribution < -0.4 is 5.32 Å². The number of hydrogen-bond acceptors (Lipinski definition) is 5. The fourth-order valence-electron chi connectivity index (χ4n) is 3.80. The van der Waals surface area contributed by atoms with E-state index in [0.717, 1.165) is 47.4 Å². The lowest BCUT2D eigenvalue weighted by molar-refractivity contribution is 0.0601. The average Bonchev–Trinajstić information content (AvgIpc) is 3.26. The first kappa shape index (κ1) is 20.3. The van der Waals surface area contributed by atoms with Gasteiger partial charge in [0, 0.05) is 16.1 Å². The SMILES string of the molecule is COC(=O)c1c(NC(=O)c2nn(-c3ccc(F)cc3)c3c2CCCC3)sc(C)c1C. The van der Waals surface area contributed by atoms with Crippen LogP contribution >= 0.6 is 11.3 Å². The van der Waals surface area contributed by atoms with Crippen molar-refractivity contribution in [1.29, 1.82) is 0 Å². The van der Waals surface area contributed by atoms with Crippen molar-refractivity contribution < 1.29 is 18.7 Å². The number of halogens is 1. The molecule has 0 saturated carbocycles. The van der Waals surface area contributed by atoms with E-state index in [0.29, 0.717) is 21.9 Å². The van der Waals surface area contributed by atoms with Gasteiger partial charge in [0.2, 0.25) is 0 Å². The lowest BCUT2D eigenvalue weighted by Crippen LogP contribution is -2.17. The van der Waals surface area contributed by atoms with Crippen LogP contribution in [-0.2, 0) is 17.6 Å². The van der Waals surface area contributed by atoms with E-state index in [1.54, 1.807) is 16.8 Å². The van der Waals surface area contributed by atoms with Gasteiger partial charge in [-0.2, -0.15) is 5.10 Å². The van der Waals surface area contributed by atoms with Crippen molar-refractivity contribution in [3.63, 3.8) is 0 Å². The van der Waals surface area contributed by atoms with Crippen LogP contribution in [0.4, 0.5) is 9.39 Å². The molecule has 2 heterocycles. The number of anilines is 1. The van der Waals surface area contributed by atoms with Crippen LogP contribution in [0.1, 0.15) is 55.4 Å². The van der Waals surface area contributed by atoms with Crippen molar-refractivity contribution in [2.45, 2.75) is 39.5 Å². The van der Waals surface area contributed by atoms with Crippen molar-refractivity contribution >= 4 is 28.2 Å².